The normalized spacial score (nSPS) is 12.5. The average molecular weight is 295 g/mol. The van der Waals surface area contributed by atoms with Gasteiger partial charge in [-0.2, -0.15) is 0 Å². The van der Waals surface area contributed by atoms with E-state index in [0.717, 1.165) is 31.0 Å². The average Bonchev–Trinajstić information content (AvgIpc) is 2.92. The highest BCUT2D eigenvalue weighted by molar-refractivity contribution is 7.09. The van der Waals surface area contributed by atoms with E-state index in [2.05, 4.69) is 29.4 Å². The Morgan fingerprint density at radius 1 is 1.32 bits per heavy atom. The van der Waals surface area contributed by atoms with E-state index >= 15 is 0 Å². The number of thiazole rings is 1. The fraction of sp³-hybridized carbons (Fsp3) is 0.400. The van der Waals surface area contributed by atoms with Gasteiger partial charge in [-0.1, -0.05) is 30.7 Å². The lowest BCUT2D eigenvalue weighted by molar-refractivity contribution is 0.579. The van der Waals surface area contributed by atoms with Crippen LogP contribution in [0.1, 0.15) is 29.7 Å². The molecule has 19 heavy (non-hydrogen) atoms. The summed E-state index contributed by atoms with van der Waals surface area (Å²) in [6, 6.07) is 8.19. The topological polar surface area (TPSA) is 24.9 Å². The van der Waals surface area contributed by atoms with Crippen LogP contribution in [0.15, 0.2) is 36.0 Å². The maximum absolute atomic E-state index is 5.96. The summed E-state index contributed by atoms with van der Waals surface area (Å²) in [6.45, 7) is 4.24. The third-order valence-electron chi connectivity index (χ3n) is 3.09. The van der Waals surface area contributed by atoms with Gasteiger partial charge in [0.05, 0.1) is 5.51 Å². The molecule has 0 saturated carbocycles. The van der Waals surface area contributed by atoms with Gasteiger partial charge in [0, 0.05) is 28.6 Å². The van der Waals surface area contributed by atoms with E-state index in [1.54, 1.807) is 11.3 Å². The van der Waals surface area contributed by atoms with Crippen molar-refractivity contribution in [3.05, 3.63) is 51.4 Å². The van der Waals surface area contributed by atoms with E-state index in [1.165, 1.54) is 10.4 Å². The van der Waals surface area contributed by atoms with Gasteiger partial charge in [-0.05, 0) is 37.1 Å². The lowest BCUT2D eigenvalue weighted by atomic mass is 9.95. The molecule has 0 saturated heterocycles. The van der Waals surface area contributed by atoms with Crippen molar-refractivity contribution in [2.45, 2.75) is 25.7 Å². The molecule has 1 aromatic heterocycles. The first-order chi connectivity index (χ1) is 9.29. The Hall–Kier alpha value is -0.900. The minimum absolute atomic E-state index is 0.476. The van der Waals surface area contributed by atoms with Crippen LogP contribution in [-0.4, -0.2) is 18.1 Å². The maximum atomic E-state index is 5.96. The molecule has 0 amide bonds. The fourth-order valence-corrected chi connectivity index (χ4v) is 2.88. The van der Waals surface area contributed by atoms with E-state index in [9.17, 15) is 0 Å². The second-order valence-corrected chi connectivity index (χ2v) is 6.03. The molecule has 1 aromatic carbocycles. The van der Waals surface area contributed by atoms with E-state index in [-0.39, 0.29) is 0 Å². The molecule has 0 aliphatic heterocycles. The van der Waals surface area contributed by atoms with Crippen molar-refractivity contribution in [2.24, 2.45) is 0 Å². The zero-order valence-corrected chi connectivity index (χ0v) is 12.7. The fourth-order valence-electron chi connectivity index (χ4n) is 2.08. The van der Waals surface area contributed by atoms with Gasteiger partial charge < -0.3 is 5.32 Å². The minimum Gasteiger partial charge on any atom is -0.316 e. The summed E-state index contributed by atoms with van der Waals surface area (Å²) in [5.41, 5.74) is 3.23. The van der Waals surface area contributed by atoms with Crippen LogP contribution in [0.3, 0.4) is 0 Å². The van der Waals surface area contributed by atoms with Crippen molar-refractivity contribution < 1.29 is 0 Å². The summed E-state index contributed by atoms with van der Waals surface area (Å²) in [4.78, 5) is 5.49. The Morgan fingerprint density at radius 2 is 2.11 bits per heavy atom. The molecule has 1 unspecified atom stereocenters. The summed E-state index contributed by atoms with van der Waals surface area (Å²) < 4.78 is 0. The second-order valence-electron chi connectivity index (χ2n) is 4.62. The van der Waals surface area contributed by atoms with Gasteiger partial charge in [-0.25, -0.2) is 0 Å². The molecule has 2 rings (SSSR count). The molecule has 0 bridgehead atoms. The molecule has 1 heterocycles. The Bertz CT molecular complexity index is 467. The minimum atomic E-state index is 0.476. The monoisotopic (exact) mass is 294 g/mol. The van der Waals surface area contributed by atoms with Gasteiger partial charge in [-0.15, -0.1) is 11.3 Å². The van der Waals surface area contributed by atoms with Crippen molar-refractivity contribution in [1.29, 1.82) is 0 Å². The largest absolute Gasteiger partial charge is 0.316 e. The van der Waals surface area contributed by atoms with Crippen LogP contribution in [0.25, 0.3) is 0 Å². The van der Waals surface area contributed by atoms with Crippen LogP contribution in [0.2, 0.25) is 5.02 Å². The Kier molecular flexibility index (Phi) is 5.83. The number of nitrogens with zero attached hydrogens (tertiary/aromatic N) is 1. The molecule has 1 atom stereocenters. The van der Waals surface area contributed by atoms with Crippen molar-refractivity contribution in [3.63, 3.8) is 0 Å². The van der Waals surface area contributed by atoms with E-state index in [4.69, 9.17) is 11.6 Å². The maximum Gasteiger partial charge on any atom is 0.0794 e. The smallest absolute Gasteiger partial charge is 0.0794 e. The number of benzene rings is 1. The molecule has 0 fully saturated rings. The molecule has 0 aliphatic rings. The summed E-state index contributed by atoms with van der Waals surface area (Å²) >= 11 is 7.69. The summed E-state index contributed by atoms with van der Waals surface area (Å²) in [7, 11) is 0. The van der Waals surface area contributed by atoms with E-state index in [0.29, 0.717) is 5.92 Å². The zero-order chi connectivity index (χ0) is 13.5. The predicted octanol–water partition coefficient (Wildman–Crippen LogP) is 4.12. The first kappa shape index (κ1) is 14.5. The molecule has 2 nitrogen and oxygen atoms in total. The molecular weight excluding hydrogens is 276 g/mol. The van der Waals surface area contributed by atoms with Crippen molar-refractivity contribution in [2.75, 3.05) is 13.1 Å². The van der Waals surface area contributed by atoms with Gasteiger partial charge in [-0.3, -0.25) is 4.98 Å². The van der Waals surface area contributed by atoms with Crippen molar-refractivity contribution >= 4 is 22.9 Å². The van der Waals surface area contributed by atoms with Crippen LogP contribution in [0.5, 0.6) is 0 Å². The first-order valence-electron chi connectivity index (χ1n) is 6.63. The first-order valence-corrected chi connectivity index (χ1v) is 7.89. The van der Waals surface area contributed by atoms with E-state index < -0.39 is 0 Å². The number of hydrogen-bond donors (Lipinski definition) is 1. The SMILES string of the molecule is CCCNCC(Cc1cncs1)c1ccc(Cl)cc1. The lowest BCUT2D eigenvalue weighted by Gasteiger charge is -2.17. The van der Waals surface area contributed by atoms with E-state index in [1.807, 2.05) is 23.8 Å². The number of hydrogen-bond acceptors (Lipinski definition) is 3. The highest BCUT2D eigenvalue weighted by Crippen LogP contribution is 2.23. The molecule has 0 aliphatic carbocycles. The quantitative estimate of drug-likeness (QED) is 0.777. The van der Waals surface area contributed by atoms with Crippen LogP contribution in [0.4, 0.5) is 0 Å². The van der Waals surface area contributed by atoms with Gasteiger partial charge in [0.15, 0.2) is 0 Å². The van der Waals surface area contributed by atoms with Crippen molar-refractivity contribution in [3.8, 4) is 0 Å². The van der Waals surface area contributed by atoms with Crippen molar-refractivity contribution in [1.82, 2.24) is 10.3 Å². The molecule has 1 N–H and O–H groups in total. The molecule has 4 heteroatoms. The van der Waals surface area contributed by atoms with Crippen LogP contribution >= 0.6 is 22.9 Å². The van der Waals surface area contributed by atoms with Gasteiger partial charge in [0.2, 0.25) is 0 Å². The number of rotatable bonds is 7. The Morgan fingerprint density at radius 3 is 2.74 bits per heavy atom. The number of nitrogens with one attached hydrogen (secondary N) is 1. The molecule has 0 spiro atoms. The van der Waals surface area contributed by atoms with Gasteiger partial charge in [0.25, 0.3) is 0 Å². The van der Waals surface area contributed by atoms with Crippen LogP contribution < -0.4 is 5.32 Å². The number of halogens is 1. The molecule has 0 radical (unpaired) electrons. The third-order valence-corrected chi connectivity index (χ3v) is 4.14. The molecule has 2 aromatic rings. The number of aromatic nitrogens is 1. The van der Waals surface area contributed by atoms with Crippen LogP contribution in [0, 0.1) is 0 Å². The Balaban J connectivity index is 2.06. The second kappa shape index (κ2) is 7.63. The predicted molar refractivity (Wildman–Crippen MR) is 83.2 cm³/mol. The molecular formula is C15H19ClN2S. The van der Waals surface area contributed by atoms with Gasteiger partial charge in [0.1, 0.15) is 0 Å². The summed E-state index contributed by atoms with van der Waals surface area (Å²) in [5.74, 6) is 0.476. The standard InChI is InChI=1S/C15H19ClN2S/c1-2-7-17-9-13(8-15-10-18-11-19-15)12-3-5-14(16)6-4-12/h3-6,10-11,13,17H,2,7-9H2,1H3. The van der Waals surface area contributed by atoms with Gasteiger partial charge >= 0.3 is 0 Å². The summed E-state index contributed by atoms with van der Waals surface area (Å²) in [6.07, 6.45) is 4.16. The molecule has 102 valence electrons. The third kappa shape index (κ3) is 4.60. The summed E-state index contributed by atoms with van der Waals surface area (Å²) in [5, 5.41) is 4.31. The lowest BCUT2D eigenvalue weighted by Crippen LogP contribution is -2.23. The van der Waals surface area contributed by atoms with Crippen LogP contribution in [-0.2, 0) is 6.42 Å². The highest BCUT2D eigenvalue weighted by atomic mass is 35.5. The Labute approximate surface area is 123 Å². The highest BCUT2D eigenvalue weighted by Gasteiger charge is 2.13. The zero-order valence-electron chi connectivity index (χ0n) is 11.1.